The molecule has 18 heavy (non-hydrogen) atoms. The van der Waals surface area contributed by atoms with E-state index in [-0.39, 0.29) is 5.69 Å². The fourth-order valence-corrected chi connectivity index (χ4v) is 3.50. The third-order valence-electron chi connectivity index (χ3n) is 3.51. The van der Waals surface area contributed by atoms with Gasteiger partial charge in [0.1, 0.15) is 5.82 Å². The van der Waals surface area contributed by atoms with E-state index in [0.29, 0.717) is 0 Å². The molecule has 0 aromatic carbocycles. The third-order valence-corrected chi connectivity index (χ3v) is 4.46. The first-order valence-corrected chi connectivity index (χ1v) is 7.65. The minimum Gasteiger partial charge on any atom is -0.355 e. The summed E-state index contributed by atoms with van der Waals surface area (Å²) in [7, 11) is 0. The summed E-state index contributed by atoms with van der Waals surface area (Å²) >= 11 is 1.97. The number of hydrogen-bond donors (Lipinski definition) is 2. The van der Waals surface area contributed by atoms with E-state index in [1.807, 2.05) is 11.8 Å². The first-order valence-electron chi connectivity index (χ1n) is 6.50. The first kappa shape index (κ1) is 12.0. The van der Waals surface area contributed by atoms with Crippen molar-refractivity contribution in [1.82, 2.24) is 15.3 Å². The summed E-state index contributed by atoms with van der Waals surface area (Å²) in [4.78, 5) is 21.1. The molecule has 0 aliphatic carbocycles. The van der Waals surface area contributed by atoms with Crippen LogP contribution in [0.5, 0.6) is 0 Å². The number of hydrogen-bond acceptors (Lipinski definition) is 5. The summed E-state index contributed by atoms with van der Waals surface area (Å²) in [6, 6.07) is 0. The highest BCUT2D eigenvalue weighted by Crippen LogP contribution is 2.23. The number of nitrogens with zero attached hydrogens (tertiary/aromatic N) is 2. The lowest BCUT2D eigenvalue weighted by molar-refractivity contribution is 0.707. The van der Waals surface area contributed by atoms with Gasteiger partial charge in [0.05, 0.1) is 0 Å². The average molecular weight is 266 g/mol. The number of aromatic nitrogens is 2. The number of anilines is 1. The van der Waals surface area contributed by atoms with E-state index in [1.165, 1.54) is 5.56 Å². The lowest BCUT2D eigenvalue weighted by atomic mass is 10.1. The van der Waals surface area contributed by atoms with Gasteiger partial charge in [-0.25, -0.2) is 4.79 Å². The van der Waals surface area contributed by atoms with Gasteiger partial charge in [-0.15, -0.1) is 0 Å². The number of rotatable bonds is 1. The van der Waals surface area contributed by atoms with Crippen LogP contribution in [0, 0.1) is 0 Å². The molecular weight excluding hydrogens is 248 g/mol. The number of thioether (sulfide) groups is 1. The Morgan fingerprint density at radius 3 is 2.78 bits per heavy atom. The molecule has 0 atom stereocenters. The number of aromatic amines is 1. The smallest absolute Gasteiger partial charge is 0.347 e. The second-order valence-corrected chi connectivity index (χ2v) is 5.90. The van der Waals surface area contributed by atoms with Crippen LogP contribution in [0.4, 0.5) is 5.82 Å². The van der Waals surface area contributed by atoms with Crippen molar-refractivity contribution < 1.29 is 0 Å². The summed E-state index contributed by atoms with van der Waals surface area (Å²) < 4.78 is 0. The van der Waals surface area contributed by atoms with E-state index in [4.69, 9.17) is 0 Å². The highest BCUT2D eigenvalue weighted by molar-refractivity contribution is 7.99. The molecule has 2 N–H and O–H groups in total. The Morgan fingerprint density at radius 2 is 1.94 bits per heavy atom. The lowest BCUT2D eigenvalue weighted by Crippen LogP contribution is -2.36. The molecule has 0 unspecified atom stereocenters. The highest BCUT2D eigenvalue weighted by atomic mass is 32.2. The van der Waals surface area contributed by atoms with Crippen molar-refractivity contribution in [3.63, 3.8) is 0 Å². The fourth-order valence-electron chi connectivity index (χ4n) is 2.60. The van der Waals surface area contributed by atoms with Gasteiger partial charge in [0, 0.05) is 48.8 Å². The molecule has 0 bridgehead atoms. The average Bonchev–Trinajstić information content (AvgIpc) is 2.64. The highest BCUT2D eigenvalue weighted by Gasteiger charge is 2.20. The predicted octanol–water partition coefficient (Wildman–Crippen LogP) is 0.0113. The maximum atomic E-state index is 11.7. The van der Waals surface area contributed by atoms with Crippen molar-refractivity contribution in [2.24, 2.45) is 0 Å². The van der Waals surface area contributed by atoms with Crippen LogP contribution in [-0.2, 0) is 12.8 Å². The molecule has 3 heterocycles. The zero-order valence-electron chi connectivity index (χ0n) is 10.4. The number of fused-ring (bicyclic) bond motifs is 1. The number of nitrogens with one attached hydrogen (secondary N) is 2. The summed E-state index contributed by atoms with van der Waals surface area (Å²) in [6.07, 6.45) is 1.85. The van der Waals surface area contributed by atoms with E-state index >= 15 is 0 Å². The number of H-pyrrole nitrogens is 1. The van der Waals surface area contributed by atoms with Crippen LogP contribution in [0.25, 0.3) is 0 Å². The second-order valence-electron chi connectivity index (χ2n) is 4.67. The Bertz CT molecular complexity index is 481. The van der Waals surface area contributed by atoms with Crippen LogP contribution in [0.2, 0.25) is 0 Å². The van der Waals surface area contributed by atoms with Crippen molar-refractivity contribution in [3.8, 4) is 0 Å². The summed E-state index contributed by atoms with van der Waals surface area (Å²) in [5.74, 6) is 3.18. The maximum Gasteiger partial charge on any atom is 0.347 e. The zero-order chi connectivity index (χ0) is 12.4. The zero-order valence-corrected chi connectivity index (χ0v) is 11.2. The Hall–Kier alpha value is -1.01. The maximum absolute atomic E-state index is 11.7. The lowest BCUT2D eigenvalue weighted by Gasteiger charge is -2.29. The fraction of sp³-hybridized carbons (Fsp3) is 0.667. The van der Waals surface area contributed by atoms with E-state index < -0.39 is 0 Å². The molecule has 5 nitrogen and oxygen atoms in total. The van der Waals surface area contributed by atoms with Crippen molar-refractivity contribution in [1.29, 1.82) is 0 Å². The van der Waals surface area contributed by atoms with Gasteiger partial charge in [-0.2, -0.15) is 16.7 Å². The van der Waals surface area contributed by atoms with E-state index in [0.717, 1.165) is 62.0 Å². The van der Waals surface area contributed by atoms with E-state index in [9.17, 15) is 4.79 Å². The minimum atomic E-state index is -0.205. The van der Waals surface area contributed by atoms with Crippen LogP contribution >= 0.6 is 11.8 Å². The Labute approximate surface area is 110 Å². The van der Waals surface area contributed by atoms with Crippen LogP contribution in [0.3, 0.4) is 0 Å². The van der Waals surface area contributed by atoms with Crippen LogP contribution in [0.15, 0.2) is 4.79 Å². The molecule has 1 aromatic rings. The van der Waals surface area contributed by atoms with Crippen LogP contribution in [0.1, 0.15) is 11.3 Å². The third kappa shape index (κ3) is 2.40. The predicted molar refractivity (Wildman–Crippen MR) is 74.7 cm³/mol. The molecule has 1 fully saturated rings. The van der Waals surface area contributed by atoms with Gasteiger partial charge in [-0.3, -0.25) is 0 Å². The molecular formula is C12H18N4OS. The molecule has 6 heteroatoms. The van der Waals surface area contributed by atoms with Crippen molar-refractivity contribution in [2.75, 3.05) is 42.6 Å². The summed E-state index contributed by atoms with van der Waals surface area (Å²) in [5, 5.41) is 3.37. The Morgan fingerprint density at radius 1 is 1.17 bits per heavy atom. The largest absolute Gasteiger partial charge is 0.355 e. The van der Waals surface area contributed by atoms with Crippen LogP contribution < -0.4 is 15.9 Å². The van der Waals surface area contributed by atoms with E-state index in [1.54, 1.807) is 0 Å². The molecule has 0 spiro atoms. The molecule has 1 saturated heterocycles. The monoisotopic (exact) mass is 266 g/mol. The van der Waals surface area contributed by atoms with Crippen molar-refractivity contribution >= 4 is 17.6 Å². The quantitative estimate of drug-likeness (QED) is 0.750. The van der Waals surface area contributed by atoms with E-state index in [2.05, 4.69) is 20.2 Å². The molecule has 0 radical (unpaired) electrons. The van der Waals surface area contributed by atoms with Crippen molar-refractivity contribution in [3.05, 3.63) is 21.7 Å². The van der Waals surface area contributed by atoms with Crippen molar-refractivity contribution in [2.45, 2.75) is 12.8 Å². The van der Waals surface area contributed by atoms with Gasteiger partial charge in [-0.1, -0.05) is 0 Å². The van der Waals surface area contributed by atoms with Crippen LogP contribution in [-0.4, -0.2) is 47.7 Å². The standard InChI is InChI=1S/C12H18N4OS/c17-12-14-10-2-4-13-3-1-9(10)11(15-12)16-5-7-18-8-6-16/h13H,1-8H2,(H,14,15,17). The normalized spacial score (nSPS) is 20.3. The molecule has 98 valence electrons. The summed E-state index contributed by atoms with van der Waals surface area (Å²) in [6.45, 7) is 3.90. The second kappa shape index (κ2) is 5.32. The summed E-state index contributed by atoms with van der Waals surface area (Å²) in [5.41, 5.74) is 2.11. The molecule has 3 rings (SSSR count). The molecule has 0 saturated carbocycles. The Kier molecular flexibility index (Phi) is 3.56. The molecule has 1 aromatic heterocycles. The van der Waals surface area contributed by atoms with Gasteiger partial charge in [0.25, 0.3) is 0 Å². The first-order chi connectivity index (χ1) is 8.84. The minimum absolute atomic E-state index is 0.205. The molecule has 0 amide bonds. The van der Waals surface area contributed by atoms with Gasteiger partial charge < -0.3 is 15.2 Å². The topological polar surface area (TPSA) is 61.0 Å². The van der Waals surface area contributed by atoms with Gasteiger partial charge >= 0.3 is 5.69 Å². The van der Waals surface area contributed by atoms with Gasteiger partial charge in [0.2, 0.25) is 0 Å². The van der Waals surface area contributed by atoms with Gasteiger partial charge in [0.15, 0.2) is 0 Å². The molecule has 2 aliphatic rings. The Balaban J connectivity index is 2.01. The molecule has 2 aliphatic heterocycles. The SMILES string of the molecule is O=c1nc(N2CCSCC2)c2c([nH]1)CCNCC2. The van der Waals surface area contributed by atoms with Gasteiger partial charge in [-0.05, 0) is 13.0 Å².